The Morgan fingerprint density at radius 1 is 1.09 bits per heavy atom. The molecule has 1 N–H and O–H groups in total. The lowest BCUT2D eigenvalue weighted by atomic mass is 10.0. The average molecular weight is 476 g/mol. The second-order valence-corrected chi connectivity index (χ2v) is 8.59. The third kappa shape index (κ3) is 4.65. The van der Waals surface area contributed by atoms with E-state index >= 15 is 0 Å². The Labute approximate surface area is 203 Å². The van der Waals surface area contributed by atoms with E-state index in [9.17, 15) is 9.59 Å². The number of likely N-dealkylation sites (N-methyl/N-ethyl adjacent to an activating group) is 1. The van der Waals surface area contributed by atoms with Gasteiger partial charge in [0.1, 0.15) is 6.54 Å². The van der Waals surface area contributed by atoms with Crippen molar-refractivity contribution in [3.8, 4) is 11.3 Å². The third-order valence-corrected chi connectivity index (χ3v) is 5.98. The number of hydrogen-bond acceptors (Lipinski definition) is 4. The number of aromatic nitrogens is 3. The predicted octanol–water partition coefficient (Wildman–Crippen LogP) is 5.01. The molecule has 0 saturated heterocycles. The summed E-state index contributed by atoms with van der Waals surface area (Å²) in [6.07, 6.45) is 0. The van der Waals surface area contributed by atoms with Crippen LogP contribution in [0.3, 0.4) is 0 Å². The first-order chi connectivity index (χ1) is 16.3. The maximum atomic E-state index is 13.7. The number of amides is 2. The van der Waals surface area contributed by atoms with E-state index in [1.165, 1.54) is 4.90 Å². The molecule has 0 unspecified atom stereocenters. The molecule has 2 amide bonds. The summed E-state index contributed by atoms with van der Waals surface area (Å²) in [6.45, 7) is 5.87. The van der Waals surface area contributed by atoms with Crippen LogP contribution in [0.15, 0.2) is 54.6 Å². The number of nitrogens with one attached hydrogen (secondary N) is 1. The zero-order chi connectivity index (χ0) is 24.4. The number of nitrogens with zero attached hydrogens (tertiary/aromatic N) is 4. The monoisotopic (exact) mass is 475 g/mol. The van der Waals surface area contributed by atoms with Crippen LogP contribution in [0.4, 0.5) is 5.69 Å². The number of benzene rings is 2. The molecule has 2 aromatic heterocycles. The molecule has 0 radical (unpaired) electrons. The fourth-order valence-corrected chi connectivity index (χ4v) is 4.13. The minimum absolute atomic E-state index is 0.0922. The second kappa shape index (κ2) is 9.65. The minimum Gasteiger partial charge on any atom is -0.330 e. The van der Waals surface area contributed by atoms with E-state index in [0.717, 1.165) is 11.1 Å². The van der Waals surface area contributed by atoms with Gasteiger partial charge in [0.2, 0.25) is 5.91 Å². The predicted molar refractivity (Wildman–Crippen MR) is 135 cm³/mol. The van der Waals surface area contributed by atoms with Crippen molar-refractivity contribution in [2.75, 3.05) is 18.4 Å². The Bertz CT molecular complexity index is 1380. The van der Waals surface area contributed by atoms with Gasteiger partial charge in [-0.1, -0.05) is 48.0 Å². The molecule has 174 valence electrons. The first-order valence-electron chi connectivity index (χ1n) is 11.0. The number of anilines is 1. The minimum atomic E-state index is -0.294. The molecule has 0 atom stereocenters. The molecule has 34 heavy (non-hydrogen) atoms. The largest absolute Gasteiger partial charge is 0.330 e. The number of carbonyl (C=O) groups excluding carboxylic acids is 2. The maximum absolute atomic E-state index is 13.7. The Balaban J connectivity index is 1.68. The summed E-state index contributed by atoms with van der Waals surface area (Å²) in [6, 6.07) is 16.8. The molecule has 8 heteroatoms. The average Bonchev–Trinajstić information content (AvgIpc) is 3.12. The lowest BCUT2D eigenvalue weighted by Gasteiger charge is -2.21. The van der Waals surface area contributed by atoms with Gasteiger partial charge >= 0.3 is 0 Å². The van der Waals surface area contributed by atoms with Crippen LogP contribution in [0.2, 0.25) is 5.02 Å². The molecule has 0 fully saturated rings. The highest BCUT2D eigenvalue weighted by Gasteiger charge is 2.24. The fraction of sp³-hybridized carbons (Fsp3) is 0.231. The van der Waals surface area contributed by atoms with Crippen molar-refractivity contribution in [2.45, 2.75) is 20.8 Å². The Morgan fingerprint density at radius 2 is 1.82 bits per heavy atom. The number of carbonyl (C=O) groups is 2. The van der Waals surface area contributed by atoms with E-state index in [1.807, 2.05) is 64.2 Å². The normalized spacial score (nSPS) is 11.0. The van der Waals surface area contributed by atoms with Gasteiger partial charge in [-0.2, -0.15) is 5.10 Å². The van der Waals surface area contributed by atoms with E-state index in [1.54, 1.807) is 22.9 Å². The Hall–Kier alpha value is -3.71. The Kier molecular flexibility index (Phi) is 6.65. The SMILES string of the molecule is CCN(CC(=O)Nc1cc(Cl)ccc1C)C(=O)c1cc(-c2ccccc2)nc2c1c(C)nn2C. The summed E-state index contributed by atoms with van der Waals surface area (Å²) < 4.78 is 1.68. The fourth-order valence-electron chi connectivity index (χ4n) is 3.96. The van der Waals surface area contributed by atoms with Gasteiger partial charge in [0.15, 0.2) is 5.65 Å². The molecule has 2 heterocycles. The van der Waals surface area contributed by atoms with Crippen molar-refractivity contribution in [3.05, 3.63) is 76.4 Å². The van der Waals surface area contributed by atoms with Crippen LogP contribution in [0.25, 0.3) is 22.3 Å². The topological polar surface area (TPSA) is 80.1 Å². The van der Waals surface area contributed by atoms with Gasteiger partial charge in [-0.15, -0.1) is 0 Å². The van der Waals surface area contributed by atoms with Gasteiger partial charge in [-0.25, -0.2) is 4.98 Å². The van der Waals surface area contributed by atoms with E-state index in [0.29, 0.717) is 45.2 Å². The van der Waals surface area contributed by atoms with Crippen LogP contribution in [-0.4, -0.2) is 44.6 Å². The van der Waals surface area contributed by atoms with E-state index in [2.05, 4.69) is 10.4 Å². The molecule has 4 rings (SSSR count). The van der Waals surface area contributed by atoms with Crippen molar-refractivity contribution >= 4 is 40.1 Å². The summed E-state index contributed by atoms with van der Waals surface area (Å²) in [5, 5.41) is 8.57. The number of pyridine rings is 1. The zero-order valence-electron chi connectivity index (χ0n) is 19.6. The second-order valence-electron chi connectivity index (χ2n) is 8.16. The number of hydrogen-bond donors (Lipinski definition) is 1. The quantitative estimate of drug-likeness (QED) is 0.425. The maximum Gasteiger partial charge on any atom is 0.255 e. The summed E-state index contributed by atoms with van der Waals surface area (Å²) in [5.41, 5.74) is 4.90. The van der Waals surface area contributed by atoms with Gasteiger partial charge in [0.25, 0.3) is 5.91 Å². The van der Waals surface area contributed by atoms with Crippen LogP contribution in [-0.2, 0) is 11.8 Å². The number of aryl methyl sites for hydroxylation is 3. The lowest BCUT2D eigenvalue weighted by molar-refractivity contribution is -0.116. The first kappa shape index (κ1) is 23.4. The van der Waals surface area contributed by atoms with Crippen LogP contribution < -0.4 is 5.32 Å². The van der Waals surface area contributed by atoms with Gasteiger partial charge in [-0.05, 0) is 44.5 Å². The summed E-state index contributed by atoms with van der Waals surface area (Å²) in [5.74, 6) is -0.543. The van der Waals surface area contributed by atoms with Gasteiger partial charge in [0, 0.05) is 29.9 Å². The molecule has 0 aliphatic heterocycles. The van der Waals surface area contributed by atoms with Crippen molar-refractivity contribution in [1.29, 1.82) is 0 Å². The summed E-state index contributed by atoms with van der Waals surface area (Å²) in [7, 11) is 1.81. The molecule has 2 aromatic carbocycles. The van der Waals surface area contributed by atoms with E-state index < -0.39 is 0 Å². The molecule has 0 aliphatic carbocycles. The molecule has 0 aliphatic rings. The van der Waals surface area contributed by atoms with Crippen LogP contribution in [0, 0.1) is 13.8 Å². The molecule has 4 aromatic rings. The van der Waals surface area contributed by atoms with Gasteiger partial charge in [0.05, 0.1) is 22.3 Å². The van der Waals surface area contributed by atoms with Gasteiger partial charge < -0.3 is 10.2 Å². The van der Waals surface area contributed by atoms with Crippen molar-refractivity contribution in [3.63, 3.8) is 0 Å². The first-order valence-corrected chi connectivity index (χ1v) is 11.4. The van der Waals surface area contributed by atoms with Crippen LogP contribution in [0.5, 0.6) is 0 Å². The summed E-state index contributed by atoms with van der Waals surface area (Å²) in [4.78, 5) is 32.8. The molecular formula is C26H26ClN5O2. The van der Waals surface area contributed by atoms with E-state index in [4.69, 9.17) is 16.6 Å². The molecular weight excluding hydrogens is 450 g/mol. The lowest BCUT2D eigenvalue weighted by Crippen LogP contribution is -2.38. The third-order valence-electron chi connectivity index (χ3n) is 5.75. The molecule has 0 spiro atoms. The number of halogens is 1. The molecule has 7 nitrogen and oxygen atoms in total. The van der Waals surface area contributed by atoms with Crippen molar-refractivity contribution < 1.29 is 9.59 Å². The summed E-state index contributed by atoms with van der Waals surface area (Å²) >= 11 is 6.07. The van der Waals surface area contributed by atoms with Crippen molar-refractivity contribution in [2.24, 2.45) is 7.05 Å². The highest BCUT2D eigenvalue weighted by molar-refractivity contribution is 6.31. The number of fused-ring (bicyclic) bond motifs is 1. The molecule has 0 bridgehead atoms. The number of rotatable bonds is 6. The van der Waals surface area contributed by atoms with Crippen LogP contribution in [0.1, 0.15) is 28.5 Å². The highest BCUT2D eigenvalue weighted by Crippen LogP contribution is 2.28. The molecule has 0 saturated carbocycles. The highest BCUT2D eigenvalue weighted by atomic mass is 35.5. The standard InChI is InChI=1S/C26H26ClN5O2/c1-5-32(15-23(33)28-21-13-19(27)12-11-16(21)2)26(34)20-14-22(18-9-7-6-8-10-18)29-25-24(20)17(3)30-31(25)4/h6-14H,5,15H2,1-4H3,(H,28,33). The smallest absolute Gasteiger partial charge is 0.255 e. The zero-order valence-corrected chi connectivity index (χ0v) is 20.3. The van der Waals surface area contributed by atoms with E-state index in [-0.39, 0.29) is 18.4 Å². The Morgan fingerprint density at radius 3 is 2.53 bits per heavy atom. The van der Waals surface area contributed by atoms with Crippen LogP contribution >= 0.6 is 11.6 Å². The van der Waals surface area contributed by atoms with Gasteiger partial charge in [-0.3, -0.25) is 14.3 Å². The van der Waals surface area contributed by atoms with Crippen molar-refractivity contribution in [1.82, 2.24) is 19.7 Å².